The smallest absolute Gasteiger partial charge is 0.134 e. The third-order valence-electron chi connectivity index (χ3n) is 3.32. The summed E-state index contributed by atoms with van der Waals surface area (Å²) in [6.07, 6.45) is 0. The lowest BCUT2D eigenvalue weighted by molar-refractivity contribution is 0.404. The van der Waals surface area contributed by atoms with Crippen molar-refractivity contribution in [2.45, 2.75) is 24.8 Å². The normalized spacial score (nSPS) is 13.7. The summed E-state index contributed by atoms with van der Waals surface area (Å²) in [7, 11) is 0.395. The molecule has 3 nitrogen and oxygen atoms in total. The quantitative estimate of drug-likeness (QED) is 0.923. The molecule has 0 aliphatic carbocycles. The summed E-state index contributed by atoms with van der Waals surface area (Å²) in [4.78, 5) is 0.694. The standard InChI is InChI=1S/C17H21NO2S/c1-12-8-13(2)10-14(9-12)15(18)11-21(19)17-7-5-4-6-16(17)20-3/h4-10,15H,11,18H2,1-3H3. The highest BCUT2D eigenvalue weighted by molar-refractivity contribution is 7.85. The van der Waals surface area contributed by atoms with Gasteiger partial charge in [-0.25, -0.2) is 0 Å². The molecule has 2 rings (SSSR count). The summed E-state index contributed by atoms with van der Waals surface area (Å²) in [6.45, 7) is 4.08. The molecule has 112 valence electrons. The van der Waals surface area contributed by atoms with Crippen molar-refractivity contribution in [3.63, 3.8) is 0 Å². The number of hydrogen-bond donors (Lipinski definition) is 1. The summed E-state index contributed by atoms with van der Waals surface area (Å²) in [5, 5.41) is 0. The molecule has 0 fully saturated rings. The first-order valence-corrected chi connectivity index (χ1v) is 8.18. The minimum atomic E-state index is -1.19. The second kappa shape index (κ2) is 6.87. The van der Waals surface area contributed by atoms with E-state index in [0.717, 1.165) is 5.56 Å². The minimum Gasteiger partial charge on any atom is -0.495 e. The number of ether oxygens (including phenoxy) is 1. The molecule has 2 unspecified atom stereocenters. The maximum Gasteiger partial charge on any atom is 0.134 e. The van der Waals surface area contributed by atoms with E-state index >= 15 is 0 Å². The van der Waals surface area contributed by atoms with Crippen LogP contribution in [0.2, 0.25) is 0 Å². The minimum absolute atomic E-state index is 0.255. The van der Waals surface area contributed by atoms with Gasteiger partial charge in [0.05, 0.1) is 22.8 Å². The lowest BCUT2D eigenvalue weighted by Crippen LogP contribution is -2.19. The van der Waals surface area contributed by atoms with Gasteiger partial charge in [-0.3, -0.25) is 4.21 Å². The van der Waals surface area contributed by atoms with Crippen molar-refractivity contribution >= 4 is 10.8 Å². The number of nitrogens with two attached hydrogens (primary N) is 1. The maximum atomic E-state index is 12.5. The average Bonchev–Trinajstić information content (AvgIpc) is 2.46. The second-order valence-electron chi connectivity index (χ2n) is 5.19. The molecule has 0 radical (unpaired) electrons. The summed E-state index contributed by atoms with van der Waals surface area (Å²) in [6, 6.07) is 13.3. The van der Waals surface area contributed by atoms with E-state index in [4.69, 9.17) is 10.5 Å². The Morgan fingerprint density at radius 1 is 1.14 bits per heavy atom. The molecule has 4 heteroatoms. The first kappa shape index (κ1) is 15.7. The van der Waals surface area contributed by atoms with Crippen LogP contribution >= 0.6 is 0 Å². The zero-order valence-electron chi connectivity index (χ0n) is 12.6. The van der Waals surface area contributed by atoms with E-state index in [9.17, 15) is 4.21 Å². The number of methoxy groups -OCH3 is 1. The van der Waals surface area contributed by atoms with E-state index in [0.29, 0.717) is 16.4 Å². The van der Waals surface area contributed by atoms with Crippen molar-refractivity contribution in [2.24, 2.45) is 5.73 Å². The Kier molecular flexibility index (Phi) is 5.15. The van der Waals surface area contributed by atoms with Crippen LogP contribution in [-0.2, 0) is 10.8 Å². The van der Waals surface area contributed by atoms with Gasteiger partial charge in [-0.15, -0.1) is 0 Å². The van der Waals surface area contributed by atoms with Gasteiger partial charge in [0.2, 0.25) is 0 Å². The fraction of sp³-hybridized carbons (Fsp3) is 0.294. The van der Waals surface area contributed by atoms with Gasteiger partial charge in [-0.1, -0.05) is 41.5 Å². The van der Waals surface area contributed by atoms with E-state index in [-0.39, 0.29) is 6.04 Å². The number of rotatable bonds is 5. The van der Waals surface area contributed by atoms with Crippen LogP contribution in [0.4, 0.5) is 0 Å². The van der Waals surface area contributed by atoms with Gasteiger partial charge in [0, 0.05) is 11.8 Å². The second-order valence-corrected chi connectivity index (χ2v) is 6.65. The summed E-state index contributed by atoms with van der Waals surface area (Å²) < 4.78 is 17.8. The third-order valence-corrected chi connectivity index (χ3v) is 4.81. The van der Waals surface area contributed by atoms with Crippen molar-refractivity contribution in [2.75, 3.05) is 12.9 Å². The molecule has 0 bridgehead atoms. The molecular weight excluding hydrogens is 282 g/mol. The molecule has 2 aromatic rings. The van der Waals surface area contributed by atoms with Gasteiger partial charge in [-0.05, 0) is 31.5 Å². The Bertz CT molecular complexity index is 635. The fourth-order valence-electron chi connectivity index (χ4n) is 2.38. The van der Waals surface area contributed by atoms with Crippen molar-refractivity contribution in [3.8, 4) is 5.75 Å². The molecule has 2 aromatic carbocycles. The van der Waals surface area contributed by atoms with Crippen LogP contribution in [0.3, 0.4) is 0 Å². The molecule has 21 heavy (non-hydrogen) atoms. The maximum absolute atomic E-state index is 12.5. The Morgan fingerprint density at radius 3 is 2.38 bits per heavy atom. The van der Waals surface area contributed by atoms with E-state index < -0.39 is 10.8 Å². The largest absolute Gasteiger partial charge is 0.495 e. The zero-order chi connectivity index (χ0) is 15.4. The number of aryl methyl sites for hydroxylation is 2. The van der Waals surface area contributed by atoms with Crippen LogP contribution < -0.4 is 10.5 Å². The van der Waals surface area contributed by atoms with Crippen molar-refractivity contribution in [1.29, 1.82) is 0 Å². The lowest BCUT2D eigenvalue weighted by atomic mass is 10.0. The SMILES string of the molecule is COc1ccccc1S(=O)CC(N)c1cc(C)cc(C)c1. The summed E-state index contributed by atoms with van der Waals surface area (Å²) in [5.74, 6) is 1.02. The van der Waals surface area contributed by atoms with Gasteiger partial charge in [0.25, 0.3) is 0 Å². The number of hydrogen-bond acceptors (Lipinski definition) is 3. The fourth-order valence-corrected chi connectivity index (χ4v) is 3.68. The van der Waals surface area contributed by atoms with Crippen molar-refractivity contribution < 1.29 is 8.95 Å². The molecule has 0 spiro atoms. The molecule has 0 aliphatic rings. The Labute approximate surface area is 128 Å². The lowest BCUT2D eigenvalue weighted by Gasteiger charge is -2.15. The third kappa shape index (κ3) is 3.93. The van der Waals surface area contributed by atoms with Gasteiger partial charge in [0.1, 0.15) is 5.75 Å². The Hall–Kier alpha value is -1.65. The van der Waals surface area contributed by atoms with Crippen LogP contribution in [0, 0.1) is 13.8 Å². The monoisotopic (exact) mass is 303 g/mol. The van der Waals surface area contributed by atoms with E-state index in [1.807, 2.05) is 38.1 Å². The molecule has 0 aliphatic heterocycles. The van der Waals surface area contributed by atoms with Crippen LogP contribution in [0.1, 0.15) is 22.7 Å². The van der Waals surface area contributed by atoms with E-state index in [1.165, 1.54) is 11.1 Å². The molecule has 0 heterocycles. The van der Waals surface area contributed by atoms with Gasteiger partial charge in [0.15, 0.2) is 0 Å². The predicted molar refractivity (Wildman–Crippen MR) is 87.1 cm³/mol. The molecule has 0 amide bonds. The molecule has 2 atom stereocenters. The van der Waals surface area contributed by atoms with Crippen LogP contribution in [0.25, 0.3) is 0 Å². The molecule has 0 aromatic heterocycles. The average molecular weight is 303 g/mol. The van der Waals surface area contributed by atoms with Gasteiger partial charge in [-0.2, -0.15) is 0 Å². The van der Waals surface area contributed by atoms with E-state index in [2.05, 4.69) is 18.2 Å². The number of para-hydroxylation sites is 1. The number of benzene rings is 2. The highest BCUT2D eigenvalue weighted by Gasteiger charge is 2.15. The zero-order valence-corrected chi connectivity index (χ0v) is 13.4. The van der Waals surface area contributed by atoms with Gasteiger partial charge >= 0.3 is 0 Å². The van der Waals surface area contributed by atoms with Crippen molar-refractivity contribution in [1.82, 2.24) is 0 Å². The molecular formula is C17H21NO2S. The van der Waals surface area contributed by atoms with E-state index in [1.54, 1.807) is 7.11 Å². The highest BCUT2D eigenvalue weighted by Crippen LogP contribution is 2.24. The topological polar surface area (TPSA) is 52.3 Å². The van der Waals surface area contributed by atoms with Crippen molar-refractivity contribution in [3.05, 3.63) is 59.2 Å². The summed E-state index contributed by atoms with van der Waals surface area (Å²) in [5.41, 5.74) is 9.59. The molecule has 2 N–H and O–H groups in total. The van der Waals surface area contributed by atoms with Crippen LogP contribution in [0.5, 0.6) is 5.75 Å². The highest BCUT2D eigenvalue weighted by atomic mass is 32.2. The van der Waals surface area contributed by atoms with Crippen LogP contribution in [-0.4, -0.2) is 17.1 Å². The first-order valence-electron chi connectivity index (χ1n) is 6.86. The Balaban J connectivity index is 2.18. The predicted octanol–water partition coefficient (Wildman–Crippen LogP) is 3.12. The van der Waals surface area contributed by atoms with Crippen LogP contribution in [0.15, 0.2) is 47.4 Å². The van der Waals surface area contributed by atoms with Gasteiger partial charge < -0.3 is 10.5 Å². The molecule has 0 saturated heterocycles. The Morgan fingerprint density at radius 2 is 1.76 bits per heavy atom. The molecule has 0 saturated carbocycles. The summed E-state index contributed by atoms with van der Waals surface area (Å²) >= 11 is 0. The first-order chi connectivity index (χ1) is 10.0.